The topological polar surface area (TPSA) is 73.8 Å². The average Bonchev–Trinajstić information content (AvgIpc) is 3.03. The van der Waals surface area contributed by atoms with Gasteiger partial charge in [-0.05, 0) is 49.4 Å². The molecule has 1 saturated heterocycles. The summed E-state index contributed by atoms with van der Waals surface area (Å²) in [4.78, 5) is 6.98. The first-order chi connectivity index (χ1) is 11.9. The third kappa shape index (κ3) is 6.38. The van der Waals surface area contributed by atoms with E-state index in [9.17, 15) is 8.42 Å². The predicted molar refractivity (Wildman–Crippen MR) is 117 cm³/mol. The Morgan fingerprint density at radius 2 is 1.96 bits per heavy atom. The van der Waals surface area contributed by atoms with Gasteiger partial charge >= 0.3 is 0 Å². The van der Waals surface area contributed by atoms with Gasteiger partial charge in [0.05, 0.1) is 4.90 Å². The van der Waals surface area contributed by atoms with Crippen molar-refractivity contribution in [2.45, 2.75) is 38.1 Å². The van der Waals surface area contributed by atoms with Crippen molar-refractivity contribution >= 4 is 40.0 Å². The largest absolute Gasteiger partial charge is 0.352 e. The van der Waals surface area contributed by atoms with E-state index in [0.29, 0.717) is 6.54 Å². The molecule has 1 aromatic carbocycles. The fourth-order valence-corrected chi connectivity index (χ4v) is 4.03. The molecule has 0 amide bonds. The summed E-state index contributed by atoms with van der Waals surface area (Å²) in [6, 6.07) is 6.91. The second-order valence-electron chi connectivity index (χ2n) is 6.98. The highest BCUT2D eigenvalue weighted by Crippen LogP contribution is 2.23. The number of benzene rings is 1. The SMILES string of the molecule is CN=C(NCc1ccc(S(=O)(=O)NC)cc1)N1CCC(CC(C)C)C1.I. The van der Waals surface area contributed by atoms with E-state index >= 15 is 0 Å². The molecule has 1 heterocycles. The van der Waals surface area contributed by atoms with E-state index in [2.05, 4.69) is 33.8 Å². The van der Waals surface area contributed by atoms with E-state index in [1.807, 2.05) is 12.1 Å². The molecule has 8 heteroatoms. The van der Waals surface area contributed by atoms with Gasteiger partial charge in [-0.2, -0.15) is 0 Å². The number of nitrogens with zero attached hydrogens (tertiary/aromatic N) is 2. The van der Waals surface area contributed by atoms with E-state index in [1.54, 1.807) is 19.2 Å². The van der Waals surface area contributed by atoms with Gasteiger partial charge in [-0.3, -0.25) is 4.99 Å². The van der Waals surface area contributed by atoms with Gasteiger partial charge in [0.15, 0.2) is 5.96 Å². The summed E-state index contributed by atoms with van der Waals surface area (Å²) in [7, 11) is -0.162. The Morgan fingerprint density at radius 3 is 2.50 bits per heavy atom. The fraction of sp³-hybridized carbons (Fsp3) is 0.611. The molecule has 1 unspecified atom stereocenters. The third-order valence-electron chi connectivity index (χ3n) is 4.55. The van der Waals surface area contributed by atoms with Gasteiger partial charge in [-0.1, -0.05) is 26.0 Å². The molecule has 2 N–H and O–H groups in total. The highest BCUT2D eigenvalue weighted by atomic mass is 127. The van der Waals surface area contributed by atoms with Gasteiger partial charge in [-0.25, -0.2) is 13.1 Å². The van der Waals surface area contributed by atoms with Crippen molar-refractivity contribution in [1.29, 1.82) is 0 Å². The summed E-state index contributed by atoms with van der Waals surface area (Å²) in [6.07, 6.45) is 2.48. The van der Waals surface area contributed by atoms with Crippen LogP contribution in [0.2, 0.25) is 0 Å². The molecule has 1 atom stereocenters. The molecule has 0 aliphatic carbocycles. The Kier molecular flexibility index (Phi) is 9.32. The number of aliphatic imine (C=N–C) groups is 1. The lowest BCUT2D eigenvalue weighted by Crippen LogP contribution is -2.39. The molecule has 1 aliphatic rings. The first-order valence-electron chi connectivity index (χ1n) is 8.83. The predicted octanol–water partition coefficient (Wildman–Crippen LogP) is 2.66. The van der Waals surface area contributed by atoms with Crippen LogP contribution in [-0.2, 0) is 16.6 Å². The first kappa shape index (κ1) is 23.2. The molecule has 1 aromatic rings. The zero-order valence-electron chi connectivity index (χ0n) is 16.0. The number of nitrogens with one attached hydrogen (secondary N) is 2. The van der Waals surface area contributed by atoms with Crippen LogP contribution in [-0.4, -0.2) is 46.5 Å². The molecule has 6 nitrogen and oxygen atoms in total. The third-order valence-corrected chi connectivity index (χ3v) is 5.99. The van der Waals surface area contributed by atoms with Crippen molar-refractivity contribution in [3.63, 3.8) is 0 Å². The van der Waals surface area contributed by atoms with Gasteiger partial charge in [0.1, 0.15) is 0 Å². The van der Waals surface area contributed by atoms with Gasteiger partial charge in [0.25, 0.3) is 0 Å². The second-order valence-corrected chi connectivity index (χ2v) is 8.87. The summed E-state index contributed by atoms with van der Waals surface area (Å²) in [6.45, 7) is 7.26. The normalized spacial score (nSPS) is 18.1. The minimum atomic E-state index is -3.38. The summed E-state index contributed by atoms with van der Waals surface area (Å²) in [5, 5.41) is 3.38. The molecular formula is C18H31IN4O2S. The lowest BCUT2D eigenvalue weighted by atomic mass is 9.97. The van der Waals surface area contributed by atoms with Crippen LogP contribution < -0.4 is 10.0 Å². The molecule has 0 spiro atoms. The van der Waals surface area contributed by atoms with Crippen molar-refractivity contribution in [2.24, 2.45) is 16.8 Å². The minimum Gasteiger partial charge on any atom is -0.352 e. The first-order valence-corrected chi connectivity index (χ1v) is 10.3. The molecule has 0 aromatic heterocycles. The Bertz CT molecular complexity index is 690. The van der Waals surface area contributed by atoms with Crippen molar-refractivity contribution in [3.8, 4) is 0 Å². The van der Waals surface area contributed by atoms with Crippen molar-refractivity contribution in [2.75, 3.05) is 27.2 Å². The highest BCUT2D eigenvalue weighted by molar-refractivity contribution is 14.0. The Morgan fingerprint density at radius 1 is 1.31 bits per heavy atom. The van der Waals surface area contributed by atoms with Gasteiger partial charge in [0, 0.05) is 26.7 Å². The van der Waals surface area contributed by atoms with Crippen LogP contribution in [0.3, 0.4) is 0 Å². The fourth-order valence-electron chi connectivity index (χ4n) is 3.30. The zero-order chi connectivity index (χ0) is 18.4. The summed E-state index contributed by atoms with van der Waals surface area (Å²) in [5.41, 5.74) is 1.02. The molecule has 1 fully saturated rings. The molecule has 0 saturated carbocycles. The summed E-state index contributed by atoms with van der Waals surface area (Å²) >= 11 is 0. The second kappa shape index (κ2) is 10.5. The van der Waals surface area contributed by atoms with Gasteiger partial charge in [0.2, 0.25) is 10.0 Å². The molecule has 148 valence electrons. The smallest absolute Gasteiger partial charge is 0.240 e. The summed E-state index contributed by atoms with van der Waals surface area (Å²) in [5.74, 6) is 2.38. The van der Waals surface area contributed by atoms with Crippen LogP contribution in [0.1, 0.15) is 32.3 Å². The molecule has 0 bridgehead atoms. The highest BCUT2D eigenvalue weighted by Gasteiger charge is 2.25. The quantitative estimate of drug-likeness (QED) is 0.363. The lowest BCUT2D eigenvalue weighted by molar-refractivity contribution is 0.403. The standard InChI is InChI=1S/C18H30N4O2S.HI/c1-14(2)11-16-9-10-22(13-16)18(19-3)21-12-15-5-7-17(8-6-15)25(23,24)20-4;/h5-8,14,16,20H,9-13H2,1-4H3,(H,19,21);1H. The van der Waals surface area contributed by atoms with Gasteiger partial charge in [-0.15, -0.1) is 24.0 Å². The Balaban J connectivity index is 0.00000338. The van der Waals surface area contributed by atoms with Crippen LogP contribution in [0, 0.1) is 11.8 Å². The van der Waals surface area contributed by atoms with Crippen LogP contribution in [0.15, 0.2) is 34.2 Å². The molecule has 0 radical (unpaired) electrons. The van der Waals surface area contributed by atoms with Gasteiger partial charge < -0.3 is 10.2 Å². The Hall–Kier alpha value is -0.870. The maximum Gasteiger partial charge on any atom is 0.240 e. The average molecular weight is 494 g/mol. The van der Waals surface area contributed by atoms with E-state index in [0.717, 1.165) is 36.4 Å². The van der Waals surface area contributed by atoms with Crippen molar-refractivity contribution in [3.05, 3.63) is 29.8 Å². The Labute approximate surface area is 174 Å². The van der Waals surface area contributed by atoms with Crippen molar-refractivity contribution in [1.82, 2.24) is 14.9 Å². The van der Waals surface area contributed by atoms with E-state index in [4.69, 9.17) is 0 Å². The number of sulfonamides is 1. The zero-order valence-corrected chi connectivity index (χ0v) is 19.2. The van der Waals surface area contributed by atoms with E-state index in [1.165, 1.54) is 19.9 Å². The molecule has 2 rings (SSSR count). The van der Waals surface area contributed by atoms with E-state index < -0.39 is 10.0 Å². The maximum atomic E-state index is 11.8. The molecular weight excluding hydrogens is 463 g/mol. The molecule has 1 aliphatic heterocycles. The minimum absolute atomic E-state index is 0. The monoisotopic (exact) mass is 494 g/mol. The number of likely N-dealkylation sites (tertiary alicyclic amines) is 1. The maximum absolute atomic E-state index is 11.8. The lowest BCUT2D eigenvalue weighted by Gasteiger charge is -2.22. The van der Waals surface area contributed by atoms with Crippen LogP contribution >= 0.6 is 24.0 Å². The van der Waals surface area contributed by atoms with Crippen LogP contribution in [0.5, 0.6) is 0 Å². The number of halogens is 1. The number of hydrogen-bond acceptors (Lipinski definition) is 3. The summed E-state index contributed by atoms with van der Waals surface area (Å²) < 4.78 is 25.8. The van der Waals surface area contributed by atoms with Crippen LogP contribution in [0.4, 0.5) is 0 Å². The van der Waals surface area contributed by atoms with Crippen molar-refractivity contribution < 1.29 is 8.42 Å². The van der Waals surface area contributed by atoms with E-state index in [-0.39, 0.29) is 28.9 Å². The number of hydrogen-bond donors (Lipinski definition) is 2. The van der Waals surface area contributed by atoms with Crippen LogP contribution in [0.25, 0.3) is 0 Å². The number of guanidine groups is 1. The number of rotatable bonds is 6. The molecule has 26 heavy (non-hydrogen) atoms.